The number of thiazole rings is 1. The SMILES string of the molecule is Nc1nc2ccc(-c3nc(CC4CCOC4)no3)cc2s1. The number of fused-ring (bicyclic) bond motifs is 1. The van der Waals surface area contributed by atoms with Crippen LogP contribution in [0.4, 0.5) is 5.13 Å². The summed E-state index contributed by atoms with van der Waals surface area (Å²) in [6.45, 7) is 1.62. The van der Waals surface area contributed by atoms with Crippen molar-refractivity contribution < 1.29 is 9.26 Å². The molecular weight excluding hydrogens is 288 g/mol. The van der Waals surface area contributed by atoms with Gasteiger partial charge >= 0.3 is 0 Å². The van der Waals surface area contributed by atoms with Gasteiger partial charge in [-0.3, -0.25) is 0 Å². The zero-order chi connectivity index (χ0) is 14.2. The summed E-state index contributed by atoms with van der Waals surface area (Å²) < 4.78 is 11.8. The Morgan fingerprint density at radius 3 is 3.14 bits per heavy atom. The Balaban J connectivity index is 1.60. The van der Waals surface area contributed by atoms with E-state index < -0.39 is 0 Å². The summed E-state index contributed by atoms with van der Waals surface area (Å²) in [5.74, 6) is 1.78. The van der Waals surface area contributed by atoms with E-state index in [0.29, 0.717) is 16.9 Å². The minimum Gasteiger partial charge on any atom is -0.381 e. The molecule has 0 aliphatic carbocycles. The third kappa shape index (κ3) is 2.50. The van der Waals surface area contributed by atoms with Crippen LogP contribution in [0.15, 0.2) is 22.7 Å². The molecule has 21 heavy (non-hydrogen) atoms. The summed E-state index contributed by atoms with van der Waals surface area (Å²) in [5, 5.41) is 4.63. The van der Waals surface area contributed by atoms with Crippen LogP contribution in [0.1, 0.15) is 12.2 Å². The zero-order valence-electron chi connectivity index (χ0n) is 11.3. The molecule has 4 rings (SSSR count). The summed E-state index contributed by atoms with van der Waals surface area (Å²) in [4.78, 5) is 8.71. The van der Waals surface area contributed by atoms with Gasteiger partial charge in [0.05, 0.1) is 10.2 Å². The van der Waals surface area contributed by atoms with Crippen molar-refractivity contribution in [1.82, 2.24) is 15.1 Å². The molecule has 1 fully saturated rings. The summed E-state index contributed by atoms with van der Waals surface area (Å²) in [6.07, 6.45) is 1.87. The molecule has 1 unspecified atom stereocenters. The normalized spacial score (nSPS) is 18.6. The van der Waals surface area contributed by atoms with Gasteiger partial charge < -0.3 is 15.0 Å². The van der Waals surface area contributed by atoms with Gasteiger partial charge in [0, 0.05) is 25.2 Å². The van der Waals surface area contributed by atoms with Gasteiger partial charge in [-0.2, -0.15) is 4.98 Å². The number of nitrogens with two attached hydrogens (primary N) is 1. The van der Waals surface area contributed by atoms with Crippen molar-refractivity contribution in [3.05, 3.63) is 24.0 Å². The predicted molar refractivity (Wildman–Crippen MR) is 80.0 cm³/mol. The van der Waals surface area contributed by atoms with Crippen LogP contribution in [0.3, 0.4) is 0 Å². The minimum absolute atomic E-state index is 0.499. The molecule has 1 atom stereocenters. The molecule has 0 amide bonds. The van der Waals surface area contributed by atoms with Crippen LogP contribution in [0.25, 0.3) is 21.7 Å². The van der Waals surface area contributed by atoms with Crippen LogP contribution < -0.4 is 5.73 Å². The average Bonchev–Trinajstić information content (AvgIpc) is 3.18. The Hall–Kier alpha value is -1.99. The maximum absolute atomic E-state index is 5.72. The molecule has 1 aliphatic heterocycles. The highest BCUT2D eigenvalue weighted by molar-refractivity contribution is 7.22. The van der Waals surface area contributed by atoms with E-state index in [1.807, 2.05) is 18.2 Å². The van der Waals surface area contributed by atoms with Crippen molar-refractivity contribution in [3.63, 3.8) is 0 Å². The minimum atomic E-state index is 0.499. The van der Waals surface area contributed by atoms with Gasteiger partial charge in [-0.25, -0.2) is 4.98 Å². The second-order valence-electron chi connectivity index (χ2n) is 5.18. The number of benzene rings is 1. The maximum atomic E-state index is 5.72. The Morgan fingerprint density at radius 2 is 2.29 bits per heavy atom. The third-order valence-corrected chi connectivity index (χ3v) is 4.46. The molecule has 1 aromatic carbocycles. The topological polar surface area (TPSA) is 87.1 Å². The van der Waals surface area contributed by atoms with Crippen LogP contribution in [0.5, 0.6) is 0 Å². The largest absolute Gasteiger partial charge is 0.381 e. The highest BCUT2D eigenvalue weighted by atomic mass is 32.1. The van der Waals surface area contributed by atoms with E-state index in [0.717, 1.165) is 47.7 Å². The van der Waals surface area contributed by atoms with Gasteiger partial charge in [0.15, 0.2) is 11.0 Å². The Bertz CT molecular complexity index is 776. The molecule has 0 spiro atoms. The molecule has 0 bridgehead atoms. The van der Waals surface area contributed by atoms with Gasteiger partial charge in [0.2, 0.25) is 0 Å². The van der Waals surface area contributed by atoms with Gasteiger partial charge in [0.1, 0.15) is 0 Å². The van der Waals surface area contributed by atoms with E-state index in [9.17, 15) is 0 Å². The molecule has 2 N–H and O–H groups in total. The number of nitrogen functional groups attached to an aromatic ring is 1. The van der Waals surface area contributed by atoms with Crippen molar-refractivity contribution in [2.24, 2.45) is 5.92 Å². The molecule has 7 heteroatoms. The second-order valence-corrected chi connectivity index (χ2v) is 6.25. The fraction of sp³-hybridized carbons (Fsp3) is 0.357. The van der Waals surface area contributed by atoms with Crippen LogP contribution in [0.2, 0.25) is 0 Å². The van der Waals surface area contributed by atoms with Crippen molar-refractivity contribution in [3.8, 4) is 11.5 Å². The van der Waals surface area contributed by atoms with Crippen LogP contribution in [-0.2, 0) is 11.2 Å². The summed E-state index contributed by atoms with van der Waals surface area (Å²) in [5.41, 5.74) is 7.51. The standard InChI is InChI=1S/C14H14N4O2S/c15-14-16-10-2-1-9(6-11(10)21-14)13-17-12(18-20-13)5-8-3-4-19-7-8/h1-2,6,8H,3-5,7H2,(H2,15,16). The van der Waals surface area contributed by atoms with E-state index in [-0.39, 0.29) is 0 Å². The molecule has 1 saturated heterocycles. The lowest BCUT2D eigenvalue weighted by Crippen LogP contribution is -2.04. The summed E-state index contributed by atoms with van der Waals surface area (Å²) in [6, 6.07) is 5.84. The van der Waals surface area contributed by atoms with Crippen LogP contribution in [-0.4, -0.2) is 28.3 Å². The molecule has 2 aromatic heterocycles. The number of nitrogens with zero attached hydrogens (tertiary/aromatic N) is 3. The lowest BCUT2D eigenvalue weighted by molar-refractivity contribution is 0.185. The zero-order valence-corrected chi connectivity index (χ0v) is 12.1. The van der Waals surface area contributed by atoms with Crippen molar-refractivity contribution >= 4 is 26.7 Å². The highest BCUT2D eigenvalue weighted by Gasteiger charge is 2.19. The first-order valence-corrected chi connectivity index (χ1v) is 7.66. The first-order chi connectivity index (χ1) is 10.3. The summed E-state index contributed by atoms with van der Waals surface area (Å²) in [7, 11) is 0. The monoisotopic (exact) mass is 302 g/mol. The highest BCUT2D eigenvalue weighted by Crippen LogP contribution is 2.28. The number of hydrogen-bond acceptors (Lipinski definition) is 7. The quantitative estimate of drug-likeness (QED) is 0.800. The molecular formula is C14H14N4O2S. The van der Waals surface area contributed by atoms with Gasteiger partial charge in [-0.15, -0.1) is 0 Å². The average molecular weight is 302 g/mol. The number of rotatable bonds is 3. The maximum Gasteiger partial charge on any atom is 0.257 e. The van der Waals surface area contributed by atoms with Gasteiger partial charge in [-0.05, 0) is 30.5 Å². The van der Waals surface area contributed by atoms with Crippen molar-refractivity contribution in [1.29, 1.82) is 0 Å². The summed E-state index contributed by atoms with van der Waals surface area (Å²) >= 11 is 1.45. The lowest BCUT2D eigenvalue weighted by atomic mass is 10.1. The van der Waals surface area contributed by atoms with Crippen LogP contribution in [0, 0.1) is 5.92 Å². The molecule has 0 radical (unpaired) electrons. The van der Waals surface area contributed by atoms with E-state index in [4.69, 9.17) is 15.0 Å². The number of ether oxygens (including phenoxy) is 1. The van der Waals surface area contributed by atoms with Crippen molar-refractivity contribution in [2.75, 3.05) is 18.9 Å². The van der Waals surface area contributed by atoms with E-state index in [2.05, 4.69) is 15.1 Å². The first kappa shape index (κ1) is 12.7. The second kappa shape index (κ2) is 5.09. The predicted octanol–water partition coefficient (Wildman–Crippen LogP) is 2.51. The van der Waals surface area contributed by atoms with E-state index >= 15 is 0 Å². The Morgan fingerprint density at radius 1 is 1.33 bits per heavy atom. The molecule has 1 aliphatic rings. The number of anilines is 1. The van der Waals surface area contributed by atoms with Gasteiger partial charge in [-0.1, -0.05) is 16.5 Å². The molecule has 6 nitrogen and oxygen atoms in total. The fourth-order valence-electron chi connectivity index (χ4n) is 2.53. The first-order valence-electron chi connectivity index (χ1n) is 6.85. The third-order valence-electron chi connectivity index (χ3n) is 3.62. The Labute approximate surface area is 124 Å². The molecule has 108 valence electrons. The number of aromatic nitrogens is 3. The lowest BCUT2D eigenvalue weighted by Gasteiger charge is -2.00. The fourth-order valence-corrected chi connectivity index (χ4v) is 3.31. The van der Waals surface area contributed by atoms with E-state index in [1.165, 1.54) is 11.3 Å². The smallest absolute Gasteiger partial charge is 0.257 e. The molecule has 0 saturated carbocycles. The molecule has 3 aromatic rings. The van der Waals surface area contributed by atoms with E-state index in [1.54, 1.807) is 0 Å². The molecule has 3 heterocycles. The van der Waals surface area contributed by atoms with Crippen LogP contribution >= 0.6 is 11.3 Å². The van der Waals surface area contributed by atoms with Gasteiger partial charge in [0.25, 0.3) is 5.89 Å². The Kier molecular flexibility index (Phi) is 3.08. The number of hydrogen-bond donors (Lipinski definition) is 1. The van der Waals surface area contributed by atoms with Crippen molar-refractivity contribution in [2.45, 2.75) is 12.8 Å².